The molecule has 0 spiro atoms. The Hall–Kier alpha value is -1.65. The molecule has 0 aliphatic carbocycles. The molecule has 0 unspecified atom stereocenters. The lowest BCUT2D eigenvalue weighted by Gasteiger charge is -2.32. The summed E-state index contributed by atoms with van der Waals surface area (Å²) in [5.74, 6) is -0.470. The highest BCUT2D eigenvalue weighted by Gasteiger charge is 2.34. The number of aryl methyl sites for hydroxylation is 2. The van der Waals surface area contributed by atoms with Crippen molar-refractivity contribution in [2.24, 2.45) is 5.92 Å². The van der Waals surface area contributed by atoms with Crippen molar-refractivity contribution in [3.8, 4) is 0 Å². The summed E-state index contributed by atoms with van der Waals surface area (Å²) < 4.78 is 58.8. The van der Waals surface area contributed by atoms with E-state index in [0.717, 1.165) is 6.42 Å². The standard InChI is InChI=1S/C19H28N2O6S2/c1-14-13-18(15(2)12-17(14)21-8-4-5-11-28(21,23)24)29(25,26)20-9-6-16(7-10-20)19(22)27-3/h12-13,16H,4-11H2,1-3H3. The summed E-state index contributed by atoms with van der Waals surface area (Å²) in [7, 11) is -5.77. The summed E-state index contributed by atoms with van der Waals surface area (Å²) in [4.78, 5) is 11.9. The molecule has 1 aromatic carbocycles. The topological polar surface area (TPSA) is 101 Å². The van der Waals surface area contributed by atoms with Gasteiger partial charge in [0.2, 0.25) is 20.0 Å². The van der Waals surface area contributed by atoms with E-state index < -0.39 is 20.0 Å². The molecule has 2 aliphatic heterocycles. The van der Waals surface area contributed by atoms with Gasteiger partial charge in [-0.25, -0.2) is 16.8 Å². The van der Waals surface area contributed by atoms with Gasteiger partial charge in [-0.05, 0) is 62.8 Å². The highest BCUT2D eigenvalue weighted by molar-refractivity contribution is 7.92. The van der Waals surface area contributed by atoms with E-state index >= 15 is 0 Å². The Morgan fingerprint density at radius 1 is 1.07 bits per heavy atom. The summed E-state index contributed by atoms with van der Waals surface area (Å²) in [6.07, 6.45) is 2.28. The van der Waals surface area contributed by atoms with Crippen molar-refractivity contribution in [3.63, 3.8) is 0 Å². The minimum Gasteiger partial charge on any atom is -0.469 e. The van der Waals surface area contributed by atoms with Crippen LogP contribution in [-0.4, -0.2) is 59.6 Å². The largest absolute Gasteiger partial charge is 0.469 e. The lowest BCUT2D eigenvalue weighted by atomic mass is 9.99. The molecule has 10 heteroatoms. The lowest BCUT2D eigenvalue weighted by molar-refractivity contribution is -0.146. The van der Waals surface area contributed by atoms with E-state index in [1.54, 1.807) is 26.0 Å². The van der Waals surface area contributed by atoms with Crippen molar-refractivity contribution in [3.05, 3.63) is 23.3 Å². The molecule has 2 heterocycles. The number of hydrogen-bond acceptors (Lipinski definition) is 6. The van der Waals surface area contributed by atoms with E-state index in [9.17, 15) is 21.6 Å². The third-order valence-electron chi connectivity index (χ3n) is 5.72. The zero-order valence-electron chi connectivity index (χ0n) is 17.0. The highest BCUT2D eigenvalue weighted by atomic mass is 32.2. The van der Waals surface area contributed by atoms with Crippen LogP contribution in [0.15, 0.2) is 17.0 Å². The summed E-state index contributed by atoms with van der Waals surface area (Å²) in [5, 5.41) is 0. The molecular weight excluding hydrogens is 416 g/mol. The third-order valence-corrected chi connectivity index (χ3v) is 9.61. The number of anilines is 1. The first-order valence-electron chi connectivity index (χ1n) is 9.77. The molecule has 2 fully saturated rings. The molecule has 2 saturated heterocycles. The molecule has 0 radical (unpaired) electrons. The predicted octanol–water partition coefficient (Wildman–Crippen LogP) is 1.81. The SMILES string of the molecule is COC(=O)C1CCN(S(=O)(=O)c2cc(C)c(N3CCCCS3(=O)=O)cc2C)CC1. The molecule has 29 heavy (non-hydrogen) atoms. The van der Waals surface area contributed by atoms with Crippen LogP contribution in [0.5, 0.6) is 0 Å². The maximum atomic E-state index is 13.2. The third kappa shape index (κ3) is 4.29. The van der Waals surface area contributed by atoms with E-state index in [0.29, 0.717) is 42.6 Å². The maximum absolute atomic E-state index is 13.2. The minimum atomic E-state index is -3.73. The molecule has 1 aromatic rings. The van der Waals surface area contributed by atoms with Crippen LogP contribution < -0.4 is 4.31 Å². The normalized spacial score (nSPS) is 21.1. The van der Waals surface area contributed by atoms with Gasteiger partial charge in [-0.2, -0.15) is 4.31 Å². The van der Waals surface area contributed by atoms with Crippen molar-refractivity contribution >= 4 is 31.7 Å². The number of rotatable bonds is 4. The molecule has 8 nitrogen and oxygen atoms in total. The van der Waals surface area contributed by atoms with Crippen molar-refractivity contribution < 1.29 is 26.4 Å². The van der Waals surface area contributed by atoms with Crippen molar-refractivity contribution in [1.29, 1.82) is 0 Å². The molecule has 3 rings (SSSR count). The van der Waals surface area contributed by atoms with Crippen LogP contribution in [0.25, 0.3) is 0 Å². The fraction of sp³-hybridized carbons (Fsp3) is 0.632. The summed E-state index contributed by atoms with van der Waals surface area (Å²) in [5.41, 5.74) is 1.68. The molecule has 0 N–H and O–H groups in total. The molecule has 0 saturated carbocycles. The maximum Gasteiger partial charge on any atom is 0.308 e. The van der Waals surface area contributed by atoms with Crippen LogP contribution in [0.3, 0.4) is 0 Å². The Morgan fingerprint density at radius 2 is 1.72 bits per heavy atom. The minimum absolute atomic E-state index is 0.112. The number of nitrogens with zero attached hydrogens (tertiary/aromatic N) is 2. The lowest BCUT2D eigenvalue weighted by Crippen LogP contribution is -2.41. The molecule has 0 bridgehead atoms. The number of benzene rings is 1. The number of esters is 1. The summed E-state index contributed by atoms with van der Waals surface area (Å²) in [6.45, 7) is 4.34. The van der Waals surface area contributed by atoms with Crippen LogP contribution in [0.1, 0.15) is 36.8 Å². The summed E-state index contributed by atoms with van der Waals surface area (Å²) >= 11 is 0. The second kappa shape index (κ2) is 8.23. The fourth-order valence-electron chi connectivity index (χ4n) is 4.02. The second-order valence-electron chi connectivity index (χ2n) is 7.70. The molecule has 0 amide bonds. The number of methoxy groups -OCH3 is 1. The molecule has 0 aromatic heterocycles. The van der Waals surface area contributed by atoms with Gasteiger partial charge in [-0.1, -0.05) is 0 Å². The first-order chi connectivity index (χ1) is 13.6. The number of carbonyl (C=O) groups excluding carboxylic acids is 1. The van der Waals surface area contributed by atoms with Crippen LogP contribution in [0.2, 0.25) is 0 Å². The molecular formula is C19H28N2O6S2. The van der Waals surface area contributed by atoms with Gasteiger partial charge in [0, 0.05) is 19.6 Å². The number of carbonyl (C=O) groups is 1. The van der Waals surface area contributed by atoms with Crippen LogP contribution in [0, 0.1) is 19.8 Å². The highest BCUT2D eigenvalue weighted by Crippen LogP contribution is 2.33. The number of piperidine rings is 1. The van der Waals surface area contributed by atoms with Gasteiger partial charge in [0.15, 0.2) is 0 Å². The van der Waals surface area contributed by atoms with Gasteiger partial charge in [0.05, 0.1) is 29.4 Å². The van der Waals surface area contributed by atoms with Crippen LogP contribution in [0.4, 0.5) is 5.69 Å². The van der Waals surface area contributed by atoms with Gasteiger partial charge >= 0.3 is 5.97 Å². The molecule has 0 atom stereocenters. The first kappa shape index (κ1) is 22.0. The zero-order chi connectivity index (χ0) is 21.4. The van der Waals surface area contributed by atoms with E-state index in [1.165, 1.54) is 15.7 Å². The Morgan fingerprint density at radius 3 is 2.31 bits per heavy atom. The quantitative estimate of drug-likeness (QED) is 0.657. The Balaban J connectivity index is 1.88. The van der Waals surface area contributed by atoms with E-state index in [4.69, 9.17) is 4.74 Å². The van der Waals surface area contributed by atoms with Crippen molar-refractivity contribution in [2.75, 3.05) is 36.8 Å². The van der Waals surface area contributed by atoms with Crippen molar-refractivity contribution in [2.45, 2.75) is 44.4 Å². The summed E-state index contributed by atoms with van der Waals surface area (Å²) in [6, 6.07) is 3.23. The number of hydrogen-bond donors (Lipinski definition) is 0. The number of ether oxygens (including phenoxy) is 1. The molecule has 162 valence electrons. The van der Waals surface area contributed by atoms with E-state index in [-0.39, 0.29) is 35.6 Å². The Labute approximate surface area is 172 Å². The Kier molecular flexibility index (Phi) is 6.26. The smallest absolute Gasteiger partial charge is 0.308 e. The van der Waals surface area contributed by atoms with Gasteiger partial charge in [0.25, 0.3) is 0 Å². The second-order valence-corrected chi connectivity index (χ2v) is 11.6. The van der Waals surface area contributed by atoms with Gasteiger partial charge in [0.1, 0.15) is 0 Å². The van der Waals surface area contributed by atoms with E-state index in [2.05, 4.69) is 0 Å². The fourth-order valence-corrected chi connectivity index (χ4v) is 7.47. The van der Waals surface area contributed by atoms with Crippen molar-refractivity contribution in [1.82, 2.24) is 4.31 Å². The van der Waals surface area contributed by atoms with Gasteiger partial charge in [-0.15, -0.1) is 0 Å². The average Bonchev–Trinajstić information content (AvgIpc) is 2.68. The van der Waals surface area contributed by atoms with Crippen LogP contribution in [-0.2, 0) is 29.6 Å². The molecule has 2 aliphatic rings. The monoisotopic (exact) mass is 444 g/mol. The predicted molar refractivity (Wildman–Crippen MR) is 110 cm³/mol. The van der Waals surface area contributed by atoms with Gasteiger partial charge < -0.3 is 4.74 Å². The number of sulfonamides is 2. The van der Waals surface area contributed by atoms with Crippen LogP contribution >= 0.6 is 0 Å². The zero-order valence-corrected chi connectivity index (χ0v) is 18.7. The average molecular weight is 445 g/mol. The first-order valence-corrected chi connectivity index (χ1v) is 12.8. The van der Waals surface area contributed by atoms with Gasteiger partial charge in [-0.3, -0.25) is 9.10 Å². The van der Waals surface area contributed by atoms with E-state index in [1.807, 2.05) is 0 Å². The Bertz CT molecular complexity index is 996.